The Kier molecular flexibility index (Phi) is 4.06. The van der Waals surface area contributed by atoms with Crippen molar-refractivity contribution in [2.75, 3.05) is 24.7 Å². The molecule has 0 radical (unpaired) electrons. The number of furan rings is 1. The molecular formula is C15H19N3O3. The first kappa shape index (κ1) is 13.9. The van der Waals surface area contributed by atoms with Gasteiger partial charge in [0.25, 0.3) is 0 Å². The highest BCUT2D eigenvalue weighted by molar-refractivity contribution is 5.42. The van der Waals surface area contributed by atoms with Gasteiger partial charge in [-0.2, -0.15) is 4.98 Å². The lowest BCUT2D eigenvalue weighted by Crippen LogP contribution is -2.23. The van der Waals surface area contributed by atoms with Crippen molar-refractivity contribution in [3.05, 3.63) is 36.0 Å². The van der Waals surface area contributed by atoms with Gasteiger partial charge in [-0.15, -0.1) is 0 Å². The van der Waals surface area contributed by atoms with E-state index in [-0.39, 0.29) is 19.3 Å². The van der Waals surface area contributed by atoms with E-state index in [1.807, 2.05) is 19.1 Å². The minimum Gasteiger partial charge on any atom is -0.474 e. The Morgan fingerprint density at radius 3 is 3.10 bits per heavy atom. The Balaban J connectivity index is 1.81. The van der Waals surface area contributed by atoms with Crippen LogP contribution in [0.1, 0.15) is 30.4 Å². The number of anilines is 1. The average Bonchev–Trinajstić information content (AvgIpc) is 3.13. The Morgan fingerprint density at radius 2 is 2.33 bits per heavy atom. The summed E-state index contributed by atoms with van der Waals surface area (Å²) >= 11 is 0. The molecule has 1 aliphatic heterocycles. The van der Waals surface area contributed by atoms with E-state index in [1.165, 1.54) is 0 Å². The van der Waals surface area contributed by atoms with Crippen molar-refractivity contribution >= 4 is 5.82 Å². The highest BCUT2D eigenvalue weighted by Crippen LogP contribution is 2.36. The fraction of sp³-hybridized carbons (Fsp3) is 0.467. The third kappa shape index (κ3) is 3.00. The molecule has 3 rings (SSSR count). The molecular weight excluding hydrogens is 270 g/mol. The van der Waals surface area contributed by atoms with E-state index in [9.17, 15) is 0 Å². The van der Waals surface area contributed by atoms with Crippen LogP contribution in [0.4, 0.5) is 5.82 Å². The molecule has 21 heavy (non-hydrogen) atoms. The van der Waals surface area contributed by atoms with Gasteiger partial charge in [0.05, 0.1) is 25.0 Å². The molecule has 0 amide bonds. The SMILES string of the molecule is Cc1ccc(C2CCCN2c2cncc(OCCO)n2)o1. The van der Waals surface area contributed by atoms with Gasteiger partial charge in [-0.1, -0.05) is 0 Å². The molecule has 1 saturated heterocycles. The number of rotatable bonds is 5. The van der Waals surface area contributed by atoms with Crippen LogP contribution in [0.25, 0.3) is 0 Å². The second-order valence-corrected chi connectivity index (χ2v) is 5.09. The van der Waals surface area contributed by atoms with E-state index in [0.29, 0.717) is 5.88 Å². The van der Waals surface area contributed by atoms with Gasteiger partial charge in [-0.05, 0) is 31.9 Å². The molecule has 1 unspecified atom stereocenters. The van der Waals surface area contributed by atoms with E-state index < -0.39 is 0 Å². The van der Waals surface area contributed by atoms with Crippen molar-refractivity contribution in [3.8, 4) is 5.88 Å². The Hall–Kier alpha value is -2.08. The maximum absolute atomic E-state index is 8.81. The third-order valence-corrected chi connectivity index (χ3v) is 3.58. The molecule has 0 saturated carbocycles. The first-order valence-corrected chi connectivity index (χ1v) is 7.16. The quantitative estimate of drug-likeness (QED) is 0.908. The zero-order valence-corrected chi connectivity index (χ0v) is 12.0. The summed E-state index contributed by atoms with van der Waals surface area (Å²) in [5.41, 5.74) is 0. The summed E-state index contributed by atoms with van der Waals surface area (Å²) < 4.78 is 11.1. The molecule has 0 bridgehead atoms. The lowest BCUT2D eigenvalue weighted by Gasteiger charge is -2.24. The number of ether oxygens (including phenoxy) is 1. The highest BCUT2D eigenvalue weighted by atomic mass is 16.5. The van der Waals surface area contributed by atoms with Gasteiger partial charge in [0.1, 0.15) is 18.1 Å². The molecule has 1 aliphatic rings. The molecule has 2 aromatic rings. The van der Waals surface area contributed by atoms with E-state index in [0.717, 1.165) is 36.7 Å². The molecule has 1 N–H and O–H groups in total. The highest BCUT2D eigenvalue weighted by Gasteiger charge is 2.29. The van der Waals surface area contributed by atoms with Gasteiger partial charge < -0.3 is 19.2 Å². The molecule has 1 fully saturated rings. The predicted molar refractivity (Wildman–Crippen MR) is 77.4 cm³/mol. The van der Waals surface area contributed by atoms with Crippen LogP contribution >= 0.6 is 0 Å². The van der Waals surface area contributed by atoms with Crippen LogP contribution in [0.2, 0.25) is 0 Å². The molecule has 3 heterocycles. The fourth-order valence-electron chi connectivity index (χ4n) is 2.67. The third-order valence-electron chi connectivity index (χ3n) is 3.58. The minimum atomic E-state index is -0.0378. The van der Waals surface area contributed by atoms with E-state index in [1.54, 1.807) is 12.4 Å². The monoisotopic (exact) mass is 289 g/mol. The van der Waals surface area contributed by atoms with Crippen molar-refractivity contribution in [1.29, 1.82) is 0 Å². The average molecular weight is 289 g/mol. The van der Waals surface area contributed by atoms with Crippen LogP contribution in [0.3, 0.4) is 0 Å². The van der Waals surface area contributed by atoms with Crippen LogP contribution in [-0.2, 0) is 0 Å². The molecule has 6 heteroatoms. The summed E-state index contributed by atoms with van der Waals surface area (Å²) in [7, 11) is 0. The summed E-state index contributed by atoms with van der Waals surface area (Å²) in [6, 6.07) is 4.21. The van der Waals surface area contributed by atoms with Crippen molar-refractivity contribution in [2.45, 2.75) is 25.8 Å². The van der Waals surface area contributed by atoms with E-state index >= 15 is 0 Å². The number of aliphatic hydroxyl groups excluding tert-OH is 1. The zero-order chi connectivity index (χ0) is 14.7. The number of nitrogens with zero attached hydrogens (tertiary/aromatic N) is 3. The number of hydrogen-bond acceptors (Lipinski definition) is 6. The van der Waals surface area contributed by atoms with Crippen LogP contribution < -0.4 is 9.64 Å². The zero-order valence-electron chi connectivity index (χ0n) is 12.0. The number of hydrogen-bond donors (Lipinski definition) is 1. The van der Waals surface area contributed by atoms with Crippen LogP contribution in [0.5, 0.6) is 5.88 Å². The molecule has 0 aliphatic carbocycles. The van der Waals surface area contributed by atoms with Gasteiger partial charge >= 0.3 is 0 Å². The molecule has 0 aromatic carbocycles. The summed E-state index contributed by atoms with van der Waals surface area (Å²) in [6.45, 7) is 3.05. The normalized spacial score (nSPS) is 18.2. The van der Waals surface area contributed by atoms with Gasteiger partial charge in [0.2, 0.25) is 5.88 Å². The Bertz CT molecular complexity index is 599. The Morgan fingerprint density at radius 1 is 1.43 bits per heavy atom. The van der Waals surface area contributed by atoms with Gasteiger partial charge in [-0.3, -0.25) is 4.98 Å². The molecule has 0 spiro atoms. The summed E-state index contributed by atoms with van der Waals surface area (Å²) in [5.74, 6) is 3.10. The van der Waals surface area contributed by atoms with Crippen molar-refractivity contribution in [1.82, 2.24) is 9.97 Å². The second-order valence-electron chi connectivity index (χ2n) is 5.09. The van der Waals surface area contributed by atoms with Gasteiger partial charge in [0, 0.05) is 6.54 Å². The fourth-order valence-corrected chi connectivity index (χ4v) is 2.67. The standard InChI is InChI=1S/C15H19N3O3/c1-11-4-5-13(21-11)12-3-2-6-18(12)14-9-16-10-15(17-14)20-8-7-19/h4-5,9-10,12,19H,2-3,6-8H2,1H3. The molecule has 112 valence electrons. The predicted octanol–water partition coefficient (Wildman–Crippen LogP) is 2.09. The maximum Gasteiger partial charge on any atom is 0.234 e. The Labute approximate surface area is 123 Å². The molecule has 2 aromatic heterocycles. The van der Waals surface area contributed by atoms with E-state index in [4.69, 9.17) is 14.3 Å². The van der Waals surface area contributed by atoms with E-state index in [2.05, 4.69) is 14.9 Å². The largest absolute Gasteiger partial charge is 0.474 e. The first-order valence-electron chi connectivity index (χ1n) is 7.16. The molecule has 6 nitrogen and oxygen atoms in total. The van der Waals surface area contributed by atoms with Crippen molar-refractivity contribution in [2.24, 2.45) is 0 Å². The topological polar surface area (TPSA) is 71.6 Å². The minimum absolute atomic E-state index is 0.0378. The summed E-state index contributed by atoms with van der Waals surface area (Å²) in [5, 5.41) is 8.81. The lowest BCUT2D eigenvalue weighted by molar-refractivity contribution is 0.196. The number of aliphatic hydroxyl groups is 1. The molecule has 1 atom stereocenters. The first-order chi connectivity index (χ1) is 10.3. The van der Waals surface area contributed by atoms with Crippen LogP contribution in [-0.4, -0.2) is 34.8 Å². The lowest BCUT2D eigenvalue weighted by atomic mass is 10.2. The number of aryl methyl sites for hydroxylation is 1. The van der Waals surface area contributed by atoms with Crippen LogP contribution in [0, 0.1) is 6.92 Å². The van der Waals surface area contributed by atoms with Crippen molar-refractivity contribution < 1.29 is 14.3 Å². The smallest absolute Gasteiger partial charge is 0.234 e. The van der Waals surface area contributed by atoms with Crippen LogP contribution in [0.15, 0.2) is 28.9 Å². The summed E-state index contributed by atoms with van der Waals surface area (Å²) in [6.07, 6.45) is 5.42. The maximum atomic E-state index is 8.81. The van der Waals surface area contributed by atoms with Crippen molar-refractivity contribution in [3.63, 3.8) is 0 Å². The van der Waals surface area contributed by atoms with Gasteiger partial charge in [0.15, 0.2) is 5.82 Å². The van der Waals surface area contributed by atoms with Gasteiger partial charge in [-0.25, -0.2) is 0 Å². The summed E-state index contributed by atoms with van der Waals surface area (Å²) in [4.78, 5) is 10.8. The second kappa shape index (κ2) is 6.13. The number of aromatic nitrogens is 2.